The number of hydrogen-bond acceptors (Lipinski definition) is 3. The van der Waals surface area contributed by atoms with Crippen LogP contribution >= 0.6 is 11.6 Å². The summed E-state index contributed by atoms with van der Waals surface area (Å²) in [4.78, 5) is 4.31. The molecule has 0 aliphatic rings. The molecule has 24 heavy (non-hydrogen) atoms. The second-order valence-electron chi connectivity index (χ2n) is 5.94. The molecular formula is C18H20ClFN4. The summed E-state index contributed by atoms with van der Waals surface area (Å²) in [5, 5.41) is 7.78. The highest BCUT2D eigenvalue weighted by atomic mass is 35.5. The fourth-order valence-corrected chi connectivity index (χ4v) is 2.88. The minimum absolute atomic E-state index is 0.183. The van der Waals surface area contributed by atoms with Crippen molar-refractivity contribution in [2.75, 3.05) is 5.32 Å². The number of alkyl halides is 1. The van der Waals surface area contributed by atoms with Gasteiger partial charge in [-0.25, -0.2) is 8.91 Å². The van der Waals surface area contributed by atoms with Gasteiger partial charge in [0, 0.05) is 12.2 Å². The standard InChI is InChI=1S/C18H20ClFN4/c1-12(20)8-9-15-10-16-17(21-11-14-6-4-3-5-7-14)22-18(19)23-24(16)13(15)2/h3-7,10,12H,8-9,11H2,1-2H3,(H,21,22,23). The smallest absolute Gasteiger partial charge is 0.243 e. The quantitative estimate of drug-likeness (QED) is 0.709. The Morgan fingerprint density at radius 1 is 1.29 bits per heavy atom. The minimum atomic E-state index is -0.822. The van der Waals surface area contributed by atoms with Gasteiger partial charge in [-0.1, -0.05) is 30.3 Å². The van der Waals surface area contributed by atoms with E-state index in [0.29, 0.717) is 25.2 Å². The van der Waals surface area contributed by atoms with Crippen molar-refractivity contribution in [3.63, 3.8) is 0 Å². The van der Waals surface area contributed by atoms with E-state index < -0.39 is 6.17 Å². The first kappa shape index (κ1) is 16.7. The second kappa shape index (κ2) is 7.18. The molecule has 3 aromatic rings. The molecule has 126 valence electrons. The Morgan fingerprint density at radius 2 is 2.04 bits per heavy atom. The Morgan fingerprint density at radius 3 is 2.75 bits per heavy atom. The van der Waals surface area contributed by atoms with E-state index in [1.54, 1.807) is 11.4 Å². The van der Waals surface area contributed by atoms with E-state index in [1.165, 1.54) is 0 Å². The molecule has 0 aliphatic carbocycles. The summed E-state index contributed by atoms with van der Waals surface area (Å²) in [6, 6.07) is 12.1. The van der Waals surface area contributed by atoms with Crippen LogP contribution in [0.3, 0.4) is 0 Å². The molecular weight excluding hydrogens is 327 g/mol. The van der Waals surface area contributed by atoms with Crippen molar-refractivity contribution in [2.45, 2.75) is 39.4 Å². The number of fused-ring (bicyclic) bond motifs is 1. The number of aryl methyl sites for hydroxylation is 2. The molecule has 2 aromatic heterocycles. The average Bonchev–Trinajstić information content (AvgIpc) is 2.88. The normalized spacial score (nSPS) is 12.5. The molecule has 2 heterocycles. The van der Waals surface area contributed by atoms with Crippen LogP contribution in [0.5, 0.6) is 0 Å². The molecule has 3 rings (SSSR count). The highest BCUT2D eigenvalue weighted by Gasteiger charge is 2.14. The van der Waals surface area contributed by atoms with E-state index in [-0.39, 0.29) is 5.28 Å². The van der Waals surface area contributed by atoms with Crippen LogP contribution in [0, 0.1) is 6.92 Å². The Kier molecular flexibility index (Phi) is 5.00. The van der Waals surface area contributed by atoms with Gasteiger partial charge in [-0.2, -0.15) is 4.98 Å². The molecule has 4 nitrogen and oxygen atoms in total. The van der Waals surface area contributed by atoms with Crippen molar-refractivity contribution in [3.8, 4) is 0 Å². The molecule has 0 spiro atoms. The monoisotopic (exact) mass is 346 g/mol. The van der Waals surface area contributed by atoms with Gasteiger partial charge in [0.25, 0.3) is 0 Å². The zero-order valence-corrected chi connectivity index (χ0v) is 14.5. The SMILES string of the molecule is Cc1c(CCC(C)F)cc2c(NCc3ccccc3)nc(Cl)nn12. The van der Waals surface area contributed by atoms with Gasteiger partial charge in [0.1, 0.15) is 5.52 Å². The number of nitrogens with one attached hydrogen (secondary N) is 1. The Bertz CT molecular complexity index is 830. The van der Waals surface area contributed by atoms with Crippen LogP contribution < -0.4 is 5.32 Å². The lowest BCUT2D eigenvalue weighted by Gasteiger charge is -2.08. The molecule has 0 saturated heterocycles. The lowest BCUT2D eigenvalue weighted by atomic mass is 10.1. The maximum atomic E-state index is 13.2. The van der Waals surface area contributed by atoms with Crippen LogP contribution in [0.2, 0.25) is 5.28 Å². The summed E-state index contributed by atoms with van der Waals surface area (Å²) in [5.74, 6) is 0.682. The molecule has 1 aromatic carbocycles. The van der Waals surface area contributed by atoms with E-state index in [0.717, 1.165) is 22.3 Å². The number of rotatable bonds is 6. The highest BCUT2D eigenvalue weighted by molar-refractivity contribution is 6.28. The van der Waals surface area contributed by atoms with Gasteiger partial charge in [-0.05, 0) is 55.5 Å². The predicted octanol–water partition coefficient (Wildman–Crippen LogP) is 4.59. The first-order valence-corrected chi connectivity index (χ1v) is 8.39. The fourth-order valence-electron chi connectivity index (χ4n) is 2.72. The van der Waals surface area contributed by atoms with Crippen molar-refractivity contribution < 1.29 is 4.39 Å². The number of hydrogen-bond donors (Lipinski definition) is 1. The predicted molar refractivity (Wildman–Crippen MR) is 95.4 cm³/mol. The minimum Gasteiger partial charge on any atom is -0.364 e. The van der Waals surface area contributed by atoms with Crippen molar-refractivity contribution >= 4 is 22.9 Å². The van der Waals surface area contributed by atoms with Gasteiger partial charge in [0.2, 0.25) is 5.28 Å². The number of nitrogens with zero attached hydrogens (tertiary/aromatic N) is 3. The van der Waals surface area contributed by atoms with Gasteiger partial charge in [0.15, 0.2) is 5.82 Å². The van der Waals surface area contributed by atoms with Gasteiger partial charge >= 0.3 is 0 Å². The molecule has 0 fully saturated rings. The molecule has 0 amide bonds. The van der Waals surface area contributed by atoms with Crippen molar-refractivity contribution in [1.82, 2.24) is 14.6 Å². The van der Waals surface area contributed by atoms with Crippen LogP contribution in [0.15, 0.2) is 36.4 Å². The number of halogens is 2. The fraction of sp³-hybridized carbons (Fsp3) is 0.333. The van der Waals surface area contributed by atoms with Crippen molar-refractivity contribution in [1.29, 1.82) is 0 Å². The van der Waals surface area contributed by atoms with E-state index in [2.05, 4.69) is 15.4 Å². The molecule has 1 N–H and O–H groups in total. The third kappa shape index (κ3) is 3.67. The van der Waals surface area contributed by atoms with E-state index in [4.69, 9.17) is 11.6 Å². The highest BCUT2D eigenvalue weighted by Crippen LogP contribution is 2.24. The zero-order chi connectivity index (χ0) is 17.1. The largest absolute Gasteiger partial charge is 0.364 e. The Hall–Kier alpha value is -2.14. The third-order valence-corrected chi connectivity index (χ3v) is 4.23. The van der Waals surface area contributed by atoms with Crippen LogP contribution in [0.1, 0.15) is 30.2 Å². The molecule has 6 heteroatoms. The van der Waals surface area contributed by atoms with Gasteiger partial charge in [-0.3, -0.25) is 0 Å². The van der Waals surface area contributed by atoms with Crippen LogP contribution in [0.4, 0.5) is 10.2 Å². The molecule has 0 aliphatic heterocycles. The first-order chi connectivity index (χ1) is 11.5. The Balaban J connectivity index is 1.90. The van der Waals surface area contributed by atoms with Crippen LogP contribution in [-0.4, -0.2) is 20.8 Å². The lowest BCUT2D eigenvalue weighted by Crippen LogP contribution is -2.06. The first-order valence-electron chi connectivity index (χ1n) is 8.01. The number of aromatic nitrogens is 3. The molecule has 1 unspecified atom stereocenters. The van der Waals surface area contributed by atoms with Gasteiger partial charge in [-0.15, -0.1) is 5.10 Å². The van der Waals surface area contributed by atoms with Crippen LogP contribution in [-0.2, 0) is 13.0 Å². The molecule has 1 atom stereocenters. The number of anilines is 1. The van der Waals surface area contributed by atoms with Gasteiger partial charge < -0.3 is 5.32 Å². The summed E-state index contributed by atoms with van der Waals surface area (Å²) in [7, 11) is 0. The summed E-state index contributed by atoms with van der Waals surface area (Å²) in [6.45, 7) is 4.19. The van der Waals surface area contributed by atoms with Crippen LogP contribution in [0.25, 0.3) is 5.52 Å². The third-order valence-electron chi connectivity index (χ3n) is 4.07. The van der Waals surface area contributed by atoms with E-state index in [1.807, 2.05) is 43.3 Å². The maximum Gasteiger partial charge on any atom is 0.243 e. The topological polar surface area (TPSA) is 42.2 Å². The zero-order valence-electron chi connectivity index (χ0n) is 13.8. The lowest BCUT2D eigenvalue weighted by molar-refractivity contribution is 0.341. The van der Waals surface area contributed by atoms with Gasteiger partial charge in [0.05, 0.1) is 6.17 Å². The van der Waals surface area contributed by atoms with E-state index in [9.17, 15) is 4.39 Å². The molecule has 0 bridgehead atoms. The summed E-state index contributed by atoms with van der Waals surface area (Å²) in [6.07, 6.45) is 0.339. The summed E-state index contributed by atoms with van der Waals surface area (Å²) >= 11 is 6.07. The second-order valence-corrected chi connectivity index (χ2v) is 6.28. The number of benzene rings is 1. The van der Waals surface area contributed by atoms with Crippen molar-refractivity contribution in [2.24, 2.45) is 0 Å². The molecule has 0 radical (unpaired) electrons. The molecule has 0 saturated carbocycles. The van der Waals surface area contributed by atoms with E-state index >= 15 is 0 Å². The average molecular weight is 347 g/mol. The van der Waals surface area contributed by atoms with Crippen molar-refractivity contribution in [3.05, 3.63) is 58.5 Å². The summed E-state index contributed by atoms with van der Waals surface area (Å²) < 4.78 is 14.9. The maximum absolute atomic E-state index is 13.2. The Labute approximate surface area is 145 Å². The summed E-state index contributed by atoms with van der Waals surface area (Å²) in [5.41, 5.74) is 4.05.